The summed E-state index contributed by atoms with van der Waals surface area (Å²) in [5.74, 6) is -1.08. The number of carbonyl (C=O) groups excluding carboxylic acids is 2. The molecule has 0 spiro atoms. The smallest absolute Gasteiger partial charge is 0.328 e. The van der Waals surface area contributed by atoms with Gasteiger partial charge in [-0.25, -0.2) is 23.0 Å². The lowest BCUT2D eigenvalue weighted by Gasteiger charge is -2.21. The highest BCUT2D eigenvalue weighted by atomic mass is 32.2. The van der Waals surface area contributed by atoms with Crippen molar-refractivity contribution in [3.05, 3.63) is 30.5 Å². The summed E-state index contributed by atoms with van der Waals surface area (Å²) in [6.07, 6.45) is 1.58. The summed E-state index contributed by atoms with van der Waals surface area (Å²) in [7, 11) is -2.54. The maximum atomic E-state index is 12.6. The number of carbonyl (C=O) groups is 2. The Bertz CT molecular complexity index is 953. The fourth-order valence-corrected chi connectivity index (χ4v) is 3.14. The van der Waals surface area contributed by atoms with E-state index in [4.69, 9.17) is 5.14 Å². The SMILES string of the molecule is COC(=O)[C@H](C)NC(=O)[C@H](C(C)C)n1cc(-c2ccc(S(N)(=O)=O)cc2)nn1. The second-order valence-electron chi connectivity index (χ2n) is 6.60. The van der Waals surface area contributed by atoms with Gasteiger partial charge in [0.25, 0.3) is 0 Å². The van der Waals surface area contributed by atoms with Gasteiger partial charge in [0.15, 0.2) is 0 Å². The number of nitrogens with two attached hydrogens (primary N) is 1. The lowest BCUT2D eigenvalue weighted by Crippen LogP contribution is -2.44. The number of benzene rings is 1. The van der Waals surface area contributed by atoms with Crippen molar-refractivity contribution >= 4 is 21.9 Å². The van der Waals surface area contributed by atoms with E-state index < -0.39 is 34.0 Å². The quantitative estimate of drug-likeness (QED) is 0.632. The van der Waals surface area contributed by atoms with E-state index in [2.05, 4.69) is 20.4 Å². The van der Waals surface area contributed by atoms with Crippen molar-refractivity contribution in [3.63, 3.8) is 0 Å². The van der Waals surface area contributed by atoms with E-state index >= 15 is 0 Å². The Morgan fingerprint density at radius 3 is 2.29 bits per heavy atom. The van der Waals surface area contributed by atoms with E-state index in [1.54, 1.807) is 18.3 Å². The summed E-state index contributed by atoms with van der Waals surface area (Å²) < 4.78 is 28.7. The molecule has 0 fully saturated rings. The number of amides is 1. The molecule has 1 aromatic heterocycles. The summed E-state index contributed by atoms with van der Waals surface area (Å²) in [5.41, 5.74) is 1.07. The van der Waals surface area contributed by atoms with Gasteiger partial charge < -0.3 is 10.1 Å². The zero-order chi connectivity index (χ0) is 21.1. The van der Waals surface area contributed by atoms with E-state index in [1.165, 1.54) is 30.8 Å². The van der Waals surface area contributed by atoms with Crippen LogP contribution in [-0.4, -0.2) is 48.4 Å². The van der Waals surface area contributed by atoms with Crippen LogP contribution in [0.1, 0.15) is 26.8 Å². The minimum absolute atomic E-state index is 0.0140. The minimum atomic E-state index is -3.79. The third kappa shape index (κ3) is 4.93. The predicted octanol–water partition coefficient (Wildman–Crippen LogP) is 0.467. The average molecular weight is 409 g/mol. The van der Waals surface area contributed by atoms with Crippen LogP contribution in [0.15, 0.2) is 35.4 Å². The van der Waals surface area contributed by atoms with Gasteiger partial charge in [-0.15, -0.1) is 5.10 Å². The number of hydrogen-bond acceptors (Lipinski definition) is 7. The molecule has 2 atom stereocenters. The van der Waals surface area contributed by atoms with Crippen LogP contribution in [0.25, 0.3) is 11.3 Å². The van der Waals surface area contributed by atoms with E-state index in [0.717, 1.165) is 0 Å². The second-order valence-corrected chi connectivity index (χ2v) is 8.16. The number of nitrogens with zero attached hydrogens (tertiary/aromatic N) is 3. The molecule has 1 heterocycles. The lowest BCUT2D eigenvalue weighted by atomic mass is 10.0. The Labute approximate surface area is 163 Å². The Kier molecular flexibility index (Phi) is 6.52. The molecule has 0 saturated carbocycles. The highest BCUT2D eigenvalue weighted by molar-refractivity contribution is 7.89. The molecule has 0 aliphatic rings. The molecular formula is C17H23N5O5S. The zero-order valence-electron chi connectivity index (χ0n) is 16.0. The molecule has 0 aliphatic heterocycles. The monoisotopic (exact) mass is 409 g/mol. The fourth-order valence-electron chi connectivity index (χ4n) is 2.62. The Balaban J connectivity index is 2.25. The topological polar surface area (TPSA) is 146 Å². The number of rotatable bonds is 7. The van der Waals surface area contributed by atoms with Crippen LogP contribution in [0.5, 0.6) is 0 Å². The van der Waals surface area contributed by atoms with Crippen molar-refractivity contribution in [2.75, 3.05) is 7.11 Å². The number of hydrogen-bond donors (Lipinski definition) is 2. The van der Waals surface area contributed by atoms with E-state index in [-0.39, 0.29) is 10.8 Å². The molecular weight excluding hydrogens is 386 g/mol. The number of aromatic nitrogens is 3. The predicted molar refractivity (Wildman–Crippen MR) is 100 cm³/mol. The van der Waals surface area contributed by atoms with Crippen LogP contribution in [0.3, 0.4) is 0 Å². The van der Waals surface area contributed by atoms with Gasteiger partial charge in [0, 0.05) is 5.56 Å². The standard InChI is InChI=1S/C17H23N5O5S/c1-10(2)15(16(23)19-11(3)17(24)27-4)22-9-14(20-21-22)12-5-7-13(8-6-12)28(18,25)26/h5-11,15H,1-4H3,(H,19,23)(H2,18,25,26)/t11-,15-/m0/s1. The Hall–Kier alpha value is -2.79. The number of methoxy groups -OCH3 is 1. The van der Waals surface area contributed by atoms with E-state index in [1.807, 2.05) is 13.8 Å². The van der Waals surface area contributed by atoms with Crippen molar-refractivity contribution in [1.29, 1.82) is 0 Å². The first-order valence-corrected chi connectivity index (χ1v) is 10.0. The van der Waals surface area contributed by atoms with Crippen LogP contribution in [0.4, 0.5) is 0 Å². The van der Waals surface area contributed by atoms with Crippen LogP contribution in [-0.2, 0) is 24.3 Å². The first-order valence-electron chi connectivity index (χ1n) is 8.48. The van der Waals surface area contributed by atoms with Gasteiger partial charge in [-0.2, -0.15) is 0 Å². The first kappa shape index (κ1) is 21.5. The van der Waals surface area contributed by atoms with Crippen LogP contribution < -0.4 is 10.5 Å². The second kappa shape index (κ2) is 8.48. The van der Waals surface area contributed by atoms with Crippen LogP contribution in [0.2, 0.25) is 0 Å². The molecule has 0 unspecified atom stereocenters. The van der Waals surface area contributed by atoms with Crippen molar-refractivity contribution in [1.82, 2.24) is 20.3 Å². The summed E-state index contributed by atoms with van der Waals surface area (Å²) >= 11 is 0. The van der Waals surface area contributed by atoms with Crippen molar-refractivity contribution in [2.24, 2.45) is 11.1 Å². The molecule has 0 bridgehead atoms. The van der Waals surface area contributed by atoms with Gasteiger partial charge in [-0.1, -0.05) is 31.2 Å². The third-order valence-electron chi connectivity index (χ3n) is 4.09. The number of nitrogens with one attached hydrogen (secondary N) is 1. The number of primary sulfonamides is 1. The summed E-state index contributed by atoms with van der Waals surface area (Å²) in [6, 6.07) is 4.35. The minimum Gasteiger partial charge on any atom is -0.467 e. The molecule has 1 amide bonds. The molecule has 152 valence electrons. The molecule has 10 nitrogen and oxygen atoms in total. The molecule has 0 aliphatic carbocycles. The third-order valence-corrected chi connectivity index (χ3v) is 5.02. The molecule has 1 aromatic carbocycles. The van der Waals surface area contributed by atoms with Gasteiger partial charge in [-0.3, -0.25) is 4.79 Å². The van der Waals surface area contributed by atoms with Crippen LogP contribution >= 0.6 is 0 Å². The lowest BCUT2D eigenvalue weighted by molar-refractivity contribution is -0.145. The van der Waals surface area contributed by atoms with Gasteiger partial charge in [-0.05, 0) is 25.0 Å². The number of sulfonamides is 1. The van der Waals surface area contributed by atoms with Crippen molar-refractivity contribution in [3.8, 4) is 11.3 Å². The number of ether oxygens (including phenoxy) is 1. The molecule has 2 rings (SSSR count). The van der Waals surface area contributed by atoms with Crippen LogP contribution in [0, 0.1) is 5.92 Å². The van der Waals surface area contributed by atoms with Gasteiger partial charge in [0.05, 0.1) is 18.2 Å². The zero-order valence-corrected chi connectivity index (χ0v) is 16.8. The Morgan fingerprint density at radius 1 is 1.18 bits per heavy atom. The largest absolute Gasteiger partial charge is 0.467 e. The molecule has 11 heteroatoms. The first-order chi connectivity index (χ1) is 13.0. The maximum absolute atomic E-state index is 12.6. The highest BCUT2D eigenvalue weighted by Gasteiger charge is 2.28. The van der Waals surface area contributed by atoms with Gasteiger partial charge >= 0.3 is 5.97 Å². The normalized spacial score (nSPS) is 13.8. The highest BCUT2D eigenvalue weighted by Crippen LogP contribution is 2.22. The molecule has 0 saturated heterocycles. The number of esters is 1. The molecule has 28 heavy (non-hydrogen) atoms. The summed E-state index contributed by atoms with van der Waals surface area (Å²) in [5, 5.41) is 15.8. The van der Waals surface area contributed by atoms with E-state index in [0.29, 0.717) is 11.3 Å². The molecule has 0 radical (unpaired) electrons. The average Bonchev–Trinajstić information content (AvgIpc) is 3.09. The molecule has 3 N–H and O–H groups in total. The van der Waals surface area contributed by atoms with Gasteiger partial charge in [0.1, 0.15) is 17.8 Å². The Morgan fingerprint density at radius 2 is 1.79 bits per heavy atom. The maximum Gasteiger partial charge on any atom is 0.328 e. The fraction of sp³-hybridized carbons (Fsp3) is 0.412. The summed E-state index contributed by atoms with van der Waals surface area (Å²) in [6.45, 7) is 5.21. The van der Waals surface area contributed by atoms with Gasteiger partial charge in [0.2, 0.25) is 15.9 Å². The van der Waals surface area contributed by atoms with Crippen molar-refractivity contribution in [2.45, 2.75) is 37.8 Å². The van der Waals surface area contributed by atoms with Crippen molar-refractivity contribution < 1.29 is 22.7 Å². The van der Waals surface area contributed by atoms with E-state index in [9.17, 15) is 18.0 Å². The summed E-state index contributed by atoms with van der Waals surface area (Å²) in [4.78, 5) is 24.2. The molecule has 2 aromatic rings.